The number of hydrogen-bond acceptors (Lipinski definition) is 6. The lowest BCUT2D eigenvalue weighted by atomic mass is 9.78. The summed E-state index contributed by atoms with van der Waals surface area (Å²) in [5.41, 5.74) is 1.88. The third-order valence-electron chi connectivity index (χ3n) is 6.50. The van der Waals surface area contributed by atoms with Crippen molar-refractivity contribution in [1.29, 1.82) is 0 Å². The molecule has 36 heavy (non-hydrogen) atoms. The van der Waals surface area contributed by atoms with Gasteiger partial charge in [0.15, 0.2) is 5.79 Å². The van der Waals surface area contributed by atoms with E-state index in [-0.39, 0.29) is 18.3 Å². The van der Waals surface area contributed by atoms with Crippen LogP contribution in [0, 0.1) is 18.7 Å². The van der Waals surface area contributed by atoms with Crippen LogP contribution < -0.4 is 0 Å². The number of halogens is 1. The maximum absolute atomic E-state index is 13.3. The lowest BCUT2D eigenvalue weighted by Gasteiger charge is -2.39. The minimum atomic E-state index is -1.71. The lowest BCUT2D eigenvalue weighted by molar-refractivity contribution is -0.260. The van der Waals surface area contributed by atoms with Gasteiger partial charge in [-0.3, -0.25) is 0 Å². The van der Waals surface area contributed by atoms with Crippen molar-refractivity contribution in [2.45, 2.75) is 77.8 Å². The van der Waals surface area contributed by atoms with Gasteiger partial charge in [0, 0.05) is 17.0 Å². The minimum absolute atomic E-state index is 0.0284. The van der Waals surface area contributed by atoms with Crippen LogP contribution in [0.3, 0.4) is 0 Å². The number of aryl methyl sites for hydroxylation is 1. The van der Waals surface area contributed by atoms with Crippen molar-refractivity contribution < 1.29 is 28.2 Å². The second-order valence-corrected chi connectivity index (χ2v) is 10.5. The van der Waals surface area contributed by atoms with E-state index in [4.69, 9.17) is 13.9 Å². The van der Waals surface area contributed by atoms with E-state index in [1.165, 1.54) is 18.4 Å². The van der Waals surface area contributed by atoms with Crippen LogP contribution in [0.25, 0.3) is 11.5 Å². The van der Waals surface area contributed by atoms with E-state index in [2.05, 4.69) is 4.98 Å². The first-order chi connectivity index (χ1) is 17.1. The Morgan fingerprint density at radius 3 is 2.47 bits per heavy atom. The molecular formula is C29H34FNO5. The van der Waals surface area contributed by atoms with Gasteiger partial charge >= 0.3 is 5.97 Å². The van der Waals surface area contributed by atoms with Crippen molar-refractivity contribution >= 4 is 5.97 Å². The van der Waals surface area contributed by atoms with Crippen LogP contribution in [0.15, 0.2) is 53.1 Å². The van der Waals surface area contributed by atoms with Gasteiger partial charge < -0.3 is 19.0 Å². The van der Waals surface area contributed by atoms with E-state index in [1.54, 1.807) is 18.2 Å². The van der Waals surface area contributed by atoms with E-state index >= 15 is 0 Å². The molecule has 0 saturated heterocycles. The summed E-state index contributed by atoms with van der Waals surface area (Å²) < 4.78 is 30.8. The molecule has 1 unspecified atom stereocenters. The summed E-state index contributed by atoms with van der Waals surface area (Å²) >= 11 is 0. The molecule has 1 atom stereocenters. The number of hydrogen-bond donors (Lipinski definition) is 1. The van der Waals surface area contributed by atoms with Crippen LogP contribution in [0.2, 0.25) is 0 Å². The molecule has 0 bridgehead atoms. The fourth-order valence-electron chi connectivity index (χ4n) is 4.76. The smallest absolute Gasteiger partial charge is 0.339 e. The van der Waals surface area contributed by atoms with Crippen LogP contribution in [0.5, 0.6) is 0 Å². The molecule has 1 fully saturated rings. The molecule has 0 aliphatic heterocycles. The first-order valence-corrected chi connectivity index (χ1v) is 12.5. The molecule has 1 heterocycles. The molecule has 192 valence electrons. The Kier molecular flexibility index (Phi) is 7.62. The van der Waals surface area contributed by atoms with Gasteiger partial charge in [-0.25, -0.2) is 14.2 Å². The van der Waals surface area contributed by atoms with Crippen LogP contribution in [0.1, 0.15) is 80.1 Å². The Labute approximate surface area is 211 Å². The number of esters is 1. The fourth-order valence-corrected chi connectivity index (χ4v) is 4.76. The third kappa shape index (κ3) is 5.85. The van der Waals surface area contributed by atoms with Crippen molar-refractivity contribution in [3.8, 4) is 11.5 Å². The van der Waals surface area contributed by atoms with Crippen molar-refractivity contribution in [2.75, 3.05) is 0 Å². The van der Waals surface area contributed by atoms with Crippen LogP contribution >= 0.6 is 0 Å². The van der Waals surface area contributed by atoms with E-state index in [9.17, 15) is 14.3 Å². The lowest BCUT2D eigenvalue weighted by Crippen LogP contribution is -2.41. The van der Waals surface area contributed by atoms with Crippen molar-refractivity contribution in [3.63, 3.8) is 0 Å². The Morgan fingerprint density at radius 1 is 1.11 bits per heavy atom. The van der Waals surface area contributed by atoms with Gasteiger partial charge in [0.25, 0.3) is 0 Å². The zero-order valence-corrected chi connectivity index (χ0v) is 21.3. The number of rotatable bonds is 7. The standard InChI is InChI=1S/C29H34FNO5/c1-19-9-8-12-24(25(19)27(32)36-28(2,3)4)29(33,21-10-6-5-7-11-21)35-18-23-17-34-26(31-23)20-13-15-22(30)16-14-20/h8-9,12-17,21,33H,5-7,10-11,18H2,1-4H3. The number of carbonyl (C=O) groups excluding carboxylic acids is 1. The highest BCUT2D eigenvalue weighted by atomic mass is 19.1. The minimum Gasteiger partial charge on any atom is -0.456 e. The maximum Gasteiger partial charge on any atom is 0.339 e. The van der Waals surface area contributed by atoms with E-state index in [0.29, 0.717) is 33.8 Å². The highest BCUT2D eigenvalue weighted by Crippen LogP contribution is 2.43. The van der Waals surface area contributed by atoms with Gasteiger partial charge in [0.05, 0.1) is 12.2 Å². The Hall–Kier alpha value is -3.03. The molecule has 1 saturated carbocycles. The summed E-state index contributed by atoms with van der Waals surface area (Å²) in [6.45, 7) is 7.25. The van der Waals surface area contributed by atoms with Crippen molar-refractivity contribution in [3.05, 3.63) is 76.9 Å². The topological polar surface area (TPSA) is 81.8 Å². The molecule has 3 aromatic rings. The average molecular weight is 496 g/mol. The molecule has 2 aromatic carbocycles. The van der Waals surface area contributed by atoms with E-state index in [0.717, 1.165) is 32.1 Å². The largest absolute Gasteiger partial charge is 0.456 e. The highest BCUT2D eigenvalue weighted by Gasteiger charge is 2.43. The molecule has 0 radical (unpaired) electrons. The van der Waals surface area contributed by atoms with Gasteiger partial charge in [0.1, 0.15) is 23.4 Å². The summed E-state index contributed by atoms with van der Waals surface area (Å²) in [7, 11) is 0. The van der Waals surface area contributed by atoms with Crippen LogP contribution in [-0.4, -0.2) is 21.7 Å². The quantitative estimate of drug-likeness (QED) is 0.291. The van der Waals surface area contributed by atoms with Gasteiger partial charge in [-0.1, -0.05) is 37.5 Å². The molecule has 1 N–H and O–H groups in total. The molecule has 0 spiro atoms. The monoisotopic (exact) mass is 495 g/mol. The predicted octanol–water partition coefficient (Wildman–Crippen LogP) is 6.69. The molecule has 1 aliphatic rings. The molecule has 4 rings (SSSR count). The normalized spacial score (nSPS) is 16.5. The molecule has 1 aliphatic carbocycles. The fraction of sp³-hybridized carbons (Fsp3) is 0.448. The zero-order chi connectivity index (χ0) is 25.9. The summed E-state index contributed by atoms with van der Waals surface area (Å²) in [5, 5.41) is 12.1. The number of nitrogens with zero attached hydrogens (tertiary/aromatic N) is 1. The summed E-state index contributed by atoms with van der Waals surface area (Å²) in [5.74, 6) is -2.41. The van der Waals surface area contributed by atoms with Gasteiger partial charge in [-0.05, 0) is 70.4 Å². The van der Waals surface area contributed by atoms with Crippen LogP contribution in [-0.2, 0) is 21.9 Å². The van der Waals surface area contributed by atoms with Crippen molar-refractivity contribution in [2.24, 2.45) is 5.92 Å². The summed E-state index contributed by atoms with van der Waals surface area (Å²) in [6, 6.07) is 11.2. The first-order valence-electron chi connectivity index (χ1n) is 12.5. The molecule has 0 amide bonds. The maximum atomic E-state index is 13.3. The van der Waals surface area contributed by atoms with Crippen LogP contribution in [0.4, 0.5) is 4.39 Å². The van der Waals surface area contributed by atoms with Gasteiger partial charge in [-0.15, -0.1) is 0 Å². The first kappa shape index (κ1) is 26.0. The van der Waals surface area contributed by atoms with E-state index in [1.807, 2.05) is 39.8 Å². The molecular weight excluding hydrogens is 461 g/mol. The van der Waals surface area contributed by atoms with Gasteiger partial charge in [-0.2, -0.15) is 0 Å². The summed E-state index contributed by atoms with van der Waals surface area (Å²) in [6.07, 6.45) is 6.07. The number of aliphatic hydroxyl groups is 1. The number of oxazole rings is 1. The Balaban J connectivity index is 1.66. The molecule has 7 heteroatoms. The third-order valence-corrected chi connectivity index (χ3v) is 6.50. The Morgan fingerprint density at radius 2 is 1.81 bits per heavy atom. The Bertz CT molecular complexity index is 1190. The highest BCUT2D eigenvalue weighted by molar-refractivity contribution is 5.93. The SMILES string of the molecule is Cc1cccc(C(O)(OCc2coc(-c3ccc(F)cc3)n2)C2CCCCC2)c1C(=O)OC(C)(C)C. The number of carbonyl (C=O) groups is 1. The summed E-state index contributed by atoms with van der Waals surface area (Å²) in [4.78, 5) is 17.7. The second-order valence-electron chi connectivity index (χ2n) is 10.5. The van der Waals surface area contributed by atoms with Gasteiger partial charge in [0.2, 0.25) is 5.89 Å². The molecule has 1 aromatic heterocycles. The predicted molar refractivity (Wildman–Crippen MR) is 134 cm³/mol. The number of ether oxygens (including phenoxy) is 2. The molecule has 6 nitrogen and oxygen atoms in total. The van der Waals surface area contributed by atoms with E-state index < -0.39 is 17.4 Å². The average Bonchev–Trinajstić information content (AvgIpc) is 3.31. The van der Waals surface area contributed by atoms with Crippen molar-refractivity contribution in [1.82, 2.24) is 4.98 Å². The zero-order valence-electron chi connectivity index (χ0n) is 21.3. The number of benzene rings is 2. The number of aromatic nitrogens is 1. The second kappa shape index (κ2) is 10.5.